The van der Waals surface area contributed by atoms with Crippen molar-refractivity contribution in [2.45, 2.75) is 45.4 Å². The Morgan fingerprint density at radius 3 is 2.56 bits per heavy atom. The van der Waals surface area contributed by atoms with Crippen molar-refractivity contribution in [3.05, 3.63) is 18.1 Å². The van der Waals surface area contributed by atoms with Gasteiger partial charge in [-0.2, -0.15) is 0 Å². The van der Waals surface area contributed by atoms with Gasteiger partial charge in [-0.15, -0.1) is 0 Å². The van der Waals surface area contributed by atoms with E-state index in [1.807, 2.05) is 0 Å². The number of carbonyl (C=O) groups excluding carboxylic acids is 1. The van der Waals surface area contributed by atoms with E-state index in [9.17, 15) is 4.79 Å². The summed E-state index contributed by atoms with van der Waals surface area (Å²) in [4.78, 5) is 28.2. The largest absolute Gasteiger partial charge is 0.356 e. The molecule has 2 atom stereocenters. The molecule has 6 heteroatoms. The lowest BCUT2D eigenvalue weighted by Gasteiger charge is -2.26. The third-order valence-electron chi connectivity index (χ3n) is 6.51. The van der Waals surface area contributed by atoms with Gasteiger partial charge < -0.3 is 14.7 Å². The lowest BCUT2D eigenvalue weighted by molar-refractivity contribution is -0.130. The summed E-state index contributed by atoms with van der Waals surface area (Å²) in [7, 11) is 0. The minimum Gasteiger partial charge on any atom is -0.356 e. The number of hydrogen-bond donors (Lipinski definition) is 0. The van der Waals surface area contributed by atoms with Crippen LogP contribution in [0.25, 0.3) is 0 Å². The van der Waals surface area contributed by atoms with Gasteiger partial charge in [-0.05, 0) is 30.6 Å². The molecular formula is C21H33N5O. The molecule has 0 spiro atoms. The third-order valence-corrected chi connectivity index (χ3v) is 6.51. The first-order chi connectivity index (χ1) is 13.1. The highest BCUT2D eigenvalue weighted by Crippen LogP contribution is 2.33. The average molecular weight is 372 g/mol. The van der Waals surface area contributed by atoms with E-state index in [-0.39, 0.29) is 0 Å². The summed E-state index contributed by atoms with van der Waals surface area (Å²) in [5.74, 6) is 3.34. The molecule has 1 aromatic rings. The van der Waals surface area contributed by atoms with Gasteiger partial charge in [0.15, 0.2) is 0 Å². The quantitative estimate of drug-likeness (QED) is 0.795. The predicted molar refractivity (Wildman–Crippen MR) is 107 cm³/mol. The fourth-order valence-corrected chi connectivity index (χ4v) is 4.85. The van der Waals surface area contributed by atoms with E-state index in [1.165, 1.54) is 12.8 Å². The zero-order chi connectivity index (χ0) is 18.8. The molecule has 1 amide bonds. The van der Waals surface area contributed by atoms with Gasteiger partial charge in [0.25, 0.3) is 0 Å². The molecule has 2 unspecified atom stereocenters. The monoisotopic (exact) mass is 371 g/mol. The summed E-state index contributed by atoms with van der Waals surface area (Å²) in [6, 6.07) is 2.16. The van der Waals surface area contributed by atoms with Gasteiger partial charge in [0.2, 0.25) is 5.91 Å². The Labute approximate surface area is 162 Å². The highest BCUT2D eigenvalue weighted by molar-refractivity contribution is 5.76. The van der Waals surface area contributed by atoms with Crippen LogP contribution in [0.1, 0.15) is 51.1 Å². The van der Waals surface area contributed by atoms with Crippen molar-refractivity contribution >= 4 is 11.7 Å². The molecule has 0 radical (unpaired) electrons. The first kappa shape index (κ1) is 18.7. The van der Waals surface area contributed by atoms with E-state index in [4.69, 9.17) is 0 Å². The van der Waals surface area contributed by atoms with Crippen LogP contribution in [0.15, 0.2) is 12.4 Å². The fourth-order valence-electron chi connectivity index (χ4n) is 4.85. The zero-order valence-electron chi connectivity index (χ0n) is 16.8. The Morgan fingerprint density at radius 1 is 1.04 bits per heavy atom. The second kappa shape index (κ2) is 8.13. The maximum absolute atomic E-state index is 12.2. The number of aromatic nitrogens is 2. The maximum atomic E-state index is 12.2. The molecule has 0 bridgehead atoms. The molecule has 3 saturated heterocycles. The van der Waals surface area contributed by atoms with Crippen molar-refractivity contribution in [1.29, 1.82) is 0 Å². The Morgan fingerprint density at radius 2 is 1.81 bits per heavy atom. The average Bonchev–Trinajstić information content (AvgIpc) is 3.15. The number of rotatable bonds is 5. The molecule has 0 aromatic carbocycles. The molecule has 0 N–H and O–H groups in total. The fraction of sp³-hybridized carbons (Fsp3) is 0.762. The van der Waals surface area contributed by atoms with Gasteiger partial charge >= 0.3 is 0 Å². The highest BCUT2D eigenvalue weighted by atomic mass is 16.2. The molecule has 0 saturated carbocycles. The van der Waals surface area contributed by atoms with Gasteiger partial charge in [0.05, 0.1) is 0 Å². The summed E-state index contributed by atoms with van der Waals surface area (Å²) in [5, 5.41) is 0. The molecule has 3 aliphatic heterocycles. The number of hydrogen-bond acceptors (Lipinski definition) is 5. The number of amides is 1. The molecule has 3 aliphatic rings. The Hall–Kier alpha value is -1.69. The Bertz CT molecular complexity index is 650. The van der Waals surface area contributed by atoms with E-state index in [2.05, 4.69) is 44.6 Å². The van der Waals surface area contributed by atoms with Gasteiger partial charge in [-0.3, -0.25) is 4.79 Å². The first-order valence-corrected chi connectivity index (χ1v) is 10.7. The third kappa shape index (κ3) is 4.26. The molecule has 3 fully saturated rings. The highest BCUT2D eigenvalue weighted by Gasteiger charge is 2.40. The van der Waals surface area contributed by atoms with Crippen LogP contribution in [-0.2, 0) is 4.79 Å². The van der Waals surface area contributed by atoms with Crippen LogP contribution in [-0.4, -0.2) is 71.5 Å². The van der Waals surface area contributed by atoms with Crippen LogP contribution in [0.4, 0.5) is 5.82 Å². The van der Waals surface area contributed by atoms with Crippen LogP contribution >= 0.6 is 0 Å². The summed E-state index contributed by atoms with van der Waals surface area (Å²) in [5.41, 5.74) is 1.13. The normalized spacial score (nSPS) is 26.7. The molecule has 4 rings (SSSR count). The second-order valence-electron chi connectivity index (χ2n) is 8.83. The summed E-state index contributed by atoms with van der Waals surface area (Å²) in [6.45, 7) is 11.8. The lowest BCUT2D eigenvalue weighted by Crippen LogP contribution is -2.38. The standard InChI is InChI=1S/C21H33N5O/c1-16(2)19-10-20(23-15-22-19)26-13-17-11-24(12-18(17)14-26)8-9-25-7-5-3-4-6-21(25)27/h10,15-18H,3-9,11-14H2,1-2H3. The van der Waals surface area contributed by atoms with Crippen molar-refractivity contribution in [3.8, 4) is 0 Å². The van der Waals surface area contributed by atoms with E-state index in [0.717, 1.165) is 82.0 Å². The number of anilines is 1. The SMILES string of the molecule is CC(C)c1cc(N2CC3CN(CCN4CCCCCC4=O)CC3C2)ncn1. The van der Waals surface area contributed by atoms with Crippen LogP contribution < -0.4 is 4.90 Å². The predicted octanol–water partition coefficient (Wildman–Crippen LogP) is 2.37. The summed E-state index contributed by atoms with van der Waals surface area (Å²) >= 11 is 0. The molecule has 148 valence electrons. The van der Waals surface area contributed by atoms with Crippen molar-refractivity contribution in [2.75, 3.05) is 50.7 Å². The Kier molecular flexibility index (Phi) is 5.62. The lowest BCUT2D eigenvalue weighted by atomic mass is 10.0. The van der Waals surface area contributed by atoms with Gasteiger partial charge in [-0.25, -0.2) is 9.97 Å². The van der Waals surface area contributed by atoms with Gasteiger partial charge in [-0.1, -0.05) is 20.3 Å². The van der Waals surface area contributed by atoms with Crippen molar-refractivity contribution < 1.29 is 4.79 Å². The van der Waals surface area contributed by atoms with Gasteiger partial charge in [0.1, 0.15) is 12.1 Å². The van der Waals surface area contributed by atoms with Gasteiger partial charge in [0, 0.05) is 64.0 Å². The second-order valence-corrected chi connectivity index (χ2v) is 8.83. The number of nitrogens with zero attached hydrogens (tertiary/aromatic N) is 5. The van der Waals surface area contributed by atoms with Crippen molar-refractivity contribution in [3.63, 3.8) is 0 Å². The first-order valence-electron chi connectivity index (χ1n) is 10.7. The topological polar surface area (TPSA) is 52.6 Å². The number of carbonyl (C=O) groups is 1. The summed E-state index contributed by atoms with van der Waals surface area (Å²) < 4.78 is 0. The molecule has 0 aliphatic carbocycles. The molecular weight excluding hydrogens is 338 g/mol. The zero-order valence-corrected chi connectivity index (χ0v) is 16.8. The number of fused-ring (bicyclic) bond motifs is 1. The molecule has 4 heterocycles. The molecule has 27 heavy (non-hydrogen) atoms. The molecule has 6 nitrogen and oxygen atoms in total. The van der Waals surface area contributed by atoms with Crippen LogP contribution in [0.5, 0.6) is 0 Å². The minimum absolute atomic E-state index is 0.364. The van der Waals surface area contributed by atoms with Crippen molar-refractivity contribution in [2.24, 2.45) is 11.8 Å². The smallest absolute Gasteiger partial charge is 0.222 e. The minimum atomic E-state index is 0.364. The van der Waals surface area contributed by atoms with Crippen LogP contribution in [0.2, 0.25) is 0 Å². The Balaban J connectivity index is 1.28. The van der Waals surface area contributed by atoms with Crippen LogP contribution in [0.3, 0.4) is 0 Å². The van der Waals surface area contributed by atoms with E-state index in [1.54, 1.807) is 6.33 Å². The van der Waals surface area contributed by atoms with E-state index >= 15 is 0 Å². The van der Waals surface area contributed by atoms with Crippen LogP contribution in [0, 0.1) is 11.8 Å². The summed E-state index contributed by atoms with van der Waals surface area (Å²) in [6.07, 6.45) is 5.90. The van der Waals surface area contributed by atoms with E-state index in [0.29, 0.717) is 11.8 Å². The number of likely N-dealkylation sites (tertiary alicyclic amines) is 2. The van der Waals surface area contributed by atoms with Crippen molar-refractivity contribution in [1.82, 2.24) is 19.8 Å². The maximum Gasteiger partial charge on any atom is 0.222 e. The van der Waals surface area contributed by atoms with E-state index < -0.39 is 0 Å². The molecule has 1 aromatic heterocycles.